The second-order valence-electron chi connectivity index (χ2n) is 2.46. The van der Waals surface area contributed by atoms with E-state index in [1.165, 1.54) is 17.9 Å². The summed E-state index contributed by atoms with van der Waals surface area (Å²) in [7, 11) is 0. The fourth-order valence-corrected chi connectivity index (χ4v) is 3.84. The van der Waals surface area contributed by atoms with Gasteiger partial charge in [-0.15, -0.1) is 23.5 Å². The van der Waals surface area contributed by atoms with Gasteiger partial charge in [-0.1, -0.05) is 6.92 Å². The average molecular weight is 176 g/mol. The van der Waals surface area contributed by atoms with Crippen molar-refractivity contribution in [3.8, 4) is 0 Å². The van der Waals surface area contributed by atoms with Crippen LogP contribution in [-0.2, 0) is 4.79 Å². The van der Waals surface area contributed by atoms with Crippen LogP contribution in [0.15, 0.2) is 0 Å². The molecule has 1 atom stereocenters. The van der Waals surface area contributed by atoms with Crippen molar-refractivity contribution in [2.24, 2.45) is 5.92 Å². The third kappa shape index (κ3) is 2.20. The van der Waals surface area contributed by atoms with Gasteiger partial charge in [0.05, 0.1) is 4.58 Å². The monoisotopic (exact) mass is 176 g/mol. The van der Waals surface area contributed by atoms with Crippen molar-refractivity contribution in [2.75, 3.05) is 11.5 Å². The van der Waals surface area contributed by atoms with Crippen LogP contribution >= 0.6 is 23.5 Å². The first-order valence-corrected chi connectivity index (χ1v) is 5.63. The fourth-order valence-electron chi connectivity index (χ4n) is 0.874. The molecule has 58 valence electrons. The Bertz CT molecular complexity index is 110. The van der Waals surface area contributed by atoms with Crippen LogP contribution in [0.3, 0.4) is 0 Å². The van der Waals surface area contributed by atoms with Crippen LogP contribution < -0.4 is 0 Å². The van der Waals surface area contributed by atoms with E-state index in [1.807, 2.05) is 30.4 Å². The quantitative estimate of drug-likeness (QED) is 0.599. The molecule has 0 saturated carbocycles. The molecule has 1 aliphatic heterocycles. The zero-order chi connectivity index (χ0) is 7.40. The Morgan fingerprint density at radius 1 is 1.50 bits per heavy atom. The lowest BCUT2D eigenvalue weighted by molar-refractivity contribution is -0.110. The van der Waals surface area contributed by atoms with E-state index in [2.05, 4.69) is 0 Å². The molecule has 1 nitrogen and oxygen atoms in total. The Labute approximate surface area is 70.3 Å². The van der Waals surface area contributed by atoms with Crippen molar-refractivity contribution in [3.05, 3.63) is 0 Å². The smallest absolute Gasteiger partial charge is 0.124 e. The summed E-state index contributed by atoms with van der Waals surface area (Å²) in [6.07, 6.45) is 2.37. The summed E-state index contributed by atoms with van der Waals surface area (Å²) in [6, 6.07) is 0. The Balaban J connectivity index is 2.30. The van der Waals surface area contributed by atoms with E-state index < -0.39 is 0 Å². The minimum Gasteiger partial charge on any atom is -0.303 e. The molecule has 0 spiro atoms. The third-order valence-electron chi connectivity index (χ3n) is 1.50. The Morgan fingerprint density at radius 3 is 2.60 bits per heavy atom. The zero-order valence-corrected chi connectivity index (χ0v) is 7.71. The maximum Gasteiger partial charge on any atom is 0.124 e. The van der Waals surface area contributed by atoms with Gasteiger partial charge in [-0.3, -0.25) is 0 Å². The van der Waals surface area contributed by atoms with Crippen molar-refractivity contribution in [1.82, 2.24) is 0 Å². The average Bonchev–Trinajstić information content (AvgIpc) is 2.05. The van der Waals surface area contributed by atoms with Gasteiger partial charge >= 0.3 is 0 Å². The lowest BCUT2D eigenvalue weighted by atomic mass is 10.2. The number of thioether (sulfide) groups is 2. The van der Waals surface area contributed by atoms with E-state index >= 15 is 0 Å². The van der Waals surface area contributed by atoms with Crippen LogP contribution in [0.1, 0.15) is 13.3 Å². The molecule has 0 N–H and O–H groups in total. The van der Waals surface area contributed by atoms with Gasteiger partial charge in [0.25, 0.3) is 0 Å². The Kier molecular flexibility index (Phi) is 3.63. The number of rotatable bonds is 2. The summed E-state index contributed by atoms with van der Waals surface area (Å²) in [5.74, 6) is 2.70. The fraction of sp³-hybridized carbons (Fsp3) is 0.857. The van der Waals surface area contributed by atoms with Crippen molar-refractivity contribution < 1.29 is 4.79 Å². The van der Waals surface area contributed by atoms with Gasteiger partial charge in [0.1, 0.15) is 6.29 Å². The first kappa shape index (κ1) is 8.47. The molecule has 0 aromatic carbocycles. The standard InChI is InChI=1S/C7H12OS2/c1-6(5-8)7-9-3-2-4-10-7/h5-7H,2-4H2,1H3/t6-/m0/s1. The first-order valence-electron chi connectivity index (χ1n) is 3.53. The lowest BCUT2D eigenvalue weighted by Gasteiger charge is -2.22. The number of aldehydes is 1. The predicted octanol–water partition coefficient (Wildman–Crippen LogP) is 2.02. The summed E-state index contributed by atoms with van der Waals surface area (Å²) >= 11 is 3.86. The van der Waals surface area contributed by atoms with Gasteiger partial charge in [-0.05, 0) is 17.9 Å². The molecular weight excluding hydrogens is 164 g/mol. The molecule has 1 saturated heterocycles. The minimum absolute atomic E-state index is 0.232. The summed E-state index contributed by atoms with van der Waals surface area (Å²) in [5, 5.41) is 0. The highest BCUT2D eigenvalue weighted by Crippen LogP contribution is 2.34. The topological polar surface area (TPSA) is 17.1 Å². The van der Waals surface area contributed by atoms with Gasteiger partial charge in [-0.25, -0.2) is 0 Å². The van der Waals surface area contributed by atoms with Crippen LogP contribution in [0.25, 0.3) is 0 Å². The van der Waals surface area contributed by atoms with E-state index in [9.17, 15) is 4.79 Å². The van der Waals surface area contributed by atoms with E-state index in [0.29, 0.717) is 4.58 Å². The molecular formula is C7H12OS2. The Morgan fingerprint density at radius 2 is 2.10 bits per heavy atom. The van der Waals surface area contributed by atoms with Crippen LogP contribution in [0, 0.1) is 5.92 Å². The molecule has 1 heterocycles. The maximum atomic E-state index is 10.4. The van der Waals surface area contributed by atoms with Gasteiger partial charge in [0, 0.05) is 5.92 Å². The van der Waals surface area contributed by atoms with E-state index in [4.69, 9.17) is 0 Å². The molecule has 1 rings (SSSR count). The van der Waals surface area contributed by atoms with Gasteiger partial charge in [0.2, 0.25) is 0 Å². The molecule has 0 bridgehead atoms. The molecule has 1 fully saturated rings. The second kappa shape index (κ2) is 4.29. The van der Waals surface area contributed by atoms with Crippen molar-refractivity contribution in [2.45, 2.75) is 17.9 Å². The molecule has 0 aliphatic carbocycles. The molecule has 0 amide bonds. The molecule has 0 unspecified atom stereocenters. The SMILES string of the molecule is C[C@@H](C=O)C1SCCCS1. The largest absolute Gasteiger partial charge is 0.303 e. The number of hydrogen-bond acceptors (Lipinski definition) is 3. The normalized spacial score (nSPS) is 24.1. The maximum absolute atomic E-state index is 10.4. The highest BCUT2D eigenvalue weighted by molar-refractivity contribution is 8.17. The van der Waals surface area contributed by atoms with Crippen LogP contribution in [-0.4, -0.2) is 22.4 Å². The van der Waals surface area contributed by atoms with Crippen molar-refractivity contribution in [3.63, 3.8) is 0 Å². The van der Waals surface area contributed by atoms with E-state index in [1.54, 1.807) is 0 Å². The van der Waals surface area contributed by atoms with Gasteiger partial charge < -0.3 is 4.79 Å². The number of carbonyl (C=O) groups excluding carboxylic acids is 1. The van der Waals surface area contributed by atoms with E-state index in [0.717, 1.165) is 6.29 Å². The van der Waals surface area contributed by atoms with Gasteiger partial charge in [0.15, 0.2) is 0 Å². The number of carbonyl (C=O) groups is 1. The third-order valence-corrected chi connectivity index (χ3v) is 4.88. The van der Waals surface area contributed by atoms with Crippen LogP contribution in [0.5, 0.6) is 0 Å². The number of hydrogen-bond donors (Lipinski definition) is 0. The lowest BCUT2D eigenvalue weighted by Crippen LogP contribution is -2.16. The molecule has 0 aromatic rings. The van der Waals surface area contributed by atoms with E-state index in [-0.39, 0.29) is 5.92 Å². The zero-order valence-electron chi connectivity index (χ0n) is 6.08. The summed E-state index contributed by atoms with van der Waals surface area (Å²) in [5.41, 5.74) is 0. The van der Waals surface area contributed by atoms with Crippen molar-refractivity contribution >= 4 is 29.8 Å². The first-order chi connectivity index (χ1) is 4.84. The highest BCUT2D eigenvalue weighted by Gasteiger charge is 2.19. The van der Waals surface area contributed by atoms with Crippen LogP contribution in [0.2, 0.25) is 0 Å². The Hall–Kier alpha value is 0.370. The highest BCUT2D eigenvalue weighted by atomic mass is 32.2. The molecule has 0 radical (unpaired) electrons. The summed E-state index contributed by atoms with van der Waals surface area (Å²) < 4.78 is 0.534. The summed E-state index contributed by atoms with van der Waals surface area (Å²) in [4.78, 5) is 10.4. The molecule has 0 aromatic heterocycles. The molecule has 10 heavy (non-hydrogen) atoms. The predicted molar refractivity (Wildman–Crippen MR) is 48.5 cm³/mol. The molecule has 3 heteroatoms. The second-order valence-corrected chi connectivity index (χ2v) is 5.26. The van der Waals surface area contributed by atoms with Gasteiger partial charge in [-0.2, -0.15) is 0 Å². The minimum atomic E-state index is 0.232. The summed E-state index contributed by atoms with van der Waals surface area (Å²) in [6.45, 7) is 2.00. The van der Waals surface area contributed by atoms with Crippen molar-refractivity contribution in [1.29, 1.82) is 0 Å². The van der Waals surface area contributed by atoms with Crippen LogP contribution in [0.4, 0.5) is 0 Å². The molecule has 1 aliphatic rings.